The van der Waals surface area contributed by atoms with E-state index in [4.69, 9.17) is 0 Å². The van der Waals surface area contributed by atoms with Crippen LogP contribution in [0, 0.1) is 0 Å². The van der Waals surface area contributed by atoms with Gasteiger partial charge in [0.1, 0.15) is 0 Å². The summed E-state index contributed by atoms with van der Waals surface area (Å²) in [7, 11) is 0.731. The highest BCUT2D eigenvalue weighted by Gasteiger charge is 2.00. The predicted molar refractivity (Wildman–Crippen MR) is 81.6 cm³/mol. The van der Waals surface area contributed by atoms with Crippen LogP contribution in [0.2, 0.25) is 0 Å². The first-order chi connectivity index (χ1) is 8.43. The smallest absolute Gasteiger partial charge is 0.0106 e. The quantitative estimate of drug-likeness (QED) is 0.630. The van der Waals surface area contributed by atoms with Crippen molar-refractivity contribution in [1.82, 2.24) is 0 Å². The molecule has 0 saturated heterocycles. The number of benzene rings is 3. The number of fused-ring (bicyclic) bond motifs is 1. The van der Waals surface area contributed by atoms with E-state index in [0.29, 0.717) is 0 Å². The van der Waals surface area contributed by atoms with Gasteiger partial charge in [0.25, 0.3) is 0 Å². The van der Waals surface area contributed by atoms with E-state index < -0.39 is 0 Å². The summed E-state index contributed by atoms with van der Waals surface area (Å²) in [6.07, 6.45) is 0. The molecule has 18 heavy (non-hydrogen) atoms. The van der Waals surface area contributed by atoms with E-state index in [2.05, 4.69) is 72.8 Å². The predicted octanol–water partition coefficient (Wildman–Crippen LogP) is 2.64. The Labute approximate surface area is 109 Å². The van der Waals surface area contributed by atoms with Crippen molar-refractivity contribution in [2.75, 3.05) is 0 Å². The third kappa shape index (κ3) is 2.59. The van der Waals surface area contributed by atoms with Gasteiger partial charge in [-0.15, -0.1) is 0 Å². The van der Waals surface area contributed by atoms with Crippen molar-refractivity contribution in [1.29, 1.82) is 0 Å². The summed E-state index contributed by atoms with van der Waals surface area (Å²) in [5, 5.41) is 5.52. The van der Waals surface area contributed by atoms with E-state index in [1.165, 1.54) is 21.4 Å². The van der Waals surface area contributed by atoms with Gasteiger partial charge in [0.05, 0.1) is 0 Å². The van der Waals surface area contributed by atoms with Crippen LogP contribution in [0.25, 0.3) is 10.8 Å². The lowest BCUT2D eigenvalue weighted by molar-refractivity contribution is 0.824. The highest BCUT2D eigenvalue weighted by molar-refractivity contribution is 7.56. The Morgan fingerprint density at radius 1 is 0.611 bits per heavy atom. The molecular weight excluding hydrogens is 239 g/mol. The first kappa shape index (κ1) is 12.8. The summed E-state index contributed by atoms with van der Waals surface area (Å²) in [5.74, 6) is 0. The molecule has 2 heteroatoms. The maximum absolute atomic E-state index is 2.23. The molecular formula is C16H15OP. The lowest BCUT2D eigenvalue weighted by atomic mass is 10.1. The molecule has 3 rings (SSSR count). The maximum atomic E-state index is 2.23. The molecule has 90 valence electrons. The standard InChI is InChI=1S/C16H13P.H2O/c1-2-9-14(10-3-1)17-16-12-6-8-13-7-4-5-11-15(13)16;/h1-12,17H;1H2. The van der Waals surface area contributed by atoms with Crippen molar-refractivity contribution in [3.63, 3.8) is 0 Å². The van der Waals surface area contributed by atoms with E-state index in [-0.39, 0.29) is 5.48 Å². The van der Waals surface area contributed by atoms with E-state index in [9.17, 15) is 0 Å². The third-order valence-electron chi connectivity index (χ3n) is 2.84. The molecule has 0 spiro atoms. The zero-order valence-electron chi connectivity index (χ0n) is 9.93. The minimum absolute atomic E-state index is 0. The SMILES string of the molecule is O.c1ccc(Pc2cccc3ccccc23)cc1. The van der Waals surface area contributed by atoms with E-state index in [1.54, 1.807) is 0 Å². The average molecular weight is 254 g/mol. The van der Waals surface area contributed by atoms with Crippen LogP contribution in [0.5, 0.6) is 0 Å². The largest absolute Gasteiger partial charge is 0.412 e. The Morgan fingerprint density at radius 2 is 1.28 bits per heavy atom. The van der Waals surface area contributed by atoms with Gasteiger partial charge in [0.15, 0.2) is 0 Å². The fourth-order valence-corrected chi connectivity index (χ4v) is 3.22. The molecule has 0 radical (unpaired) electrons. The lowest BCUT2D eigenvalue weighted by Crippen LogP contribution is -2.03. The van der Waals surface area contributed by atoms with Gasteiger partial charge < -0.3 is 5.48 Å². The zero-order chi connectivity index (χ0) is 11.5. The van der Waals surface area contributed by atoms with Crippen LogP contribution in [0.1, 0.15) is 0 Å². The fraction of sp³-hybridized carbons (Fsp3) is 0. The van der Waals surface area contributed by atoms with Crippen molar-refractivity contribution < 1.29 is 5.48 Å². The Bertz CT molecular complexity index is 629. The van der Waals surface area contributed by atoms with Gasteiger partial charge in [0, 0.05) is 0 Å². The van der Waals surface area contributed by atoms with Gasteiger partial charge >= 0.3 is 0 Å². The minimum Gasteiger partial charge on any atom is -0.412 e. The molecule has 1 unspecified atom stereocenters. The Morgan fingerprint density at radius 3 is 2.11 bits per heavy atom. The van der Waals surface area contributed by atoms with Gasteiger partial charge in [0.2, 0.25) is 0 Å². The molecule has 0 aliphatic rings. The second-order valence-corrected chi connectivity index (χ2v) is 5.38. The summed E-state index contributed by atoms with van der Waals surface area (Å²) in [5.41, 5.74) is 0. The van der Waals surface area contributed by atoms with Crippen LogP contribution in [-0.2, 0) is 0 Å². The molecule has 0 aliphatic heterocycles. The van der Waals surface area contributed by atoms with Crippen molar-refractivity contribution in [3.8, 4) is 0 Å². The summed E-state index contributed by atoms with van der Waals surface area (Å²) in [6.45, 7) is 0. The van der Waals surface area contributed by atoms with Crippen molar-refractivity contribution in [2.45, 2.75) is 0 Å². The van der Waals surface area contributed by atoms with Crippen LogP contribution in [0.4, 0.5) is 0 Å². The number of rotatable bonds is 2. The van der Waals surface area contributed by atoms with Crippen LogP contribution in [0.15, 0.2) is 72.8 Å². The average Bonchev–Trinajstić information content (AvgIpc) is 2.40. The van der Waals surface area contributed by atoms with Crippen LogP contribution < -0.4 is 10.6 Å². The zero-order valence-corrected chi connectivity index (χ0v) is 10.9. The summed E-state index contributed by atoms with van der Waals surface area (Å²) < 4.78 is 0. The fourth-order valence-electron chi connectivity index (χ4n) is 2.01. The molecule has 0 saturated carbocycles. The van der Waals surface area contributed by atoms with Gasteiger partial charge in [-0.2, -0.15) is 0 Å². The van der Waals surface area contributed by atoms with Crippen molar-refractivity contribution in [3.05, 3.63) is 72.8 Å². The molecule has 0 aromatic heterocycles. The molecule has 0 aliphatic carbocycles. The Balaban J connectivity index is 0.00000120. The maximum Gasteiger partial charge on any atom is -0.0106 e. The molecule has 0 amide bonds. The molecule has 0 heterocycles. The summed E-state index contributed by atoms with van der Waals surface area (Å²) in [4.78, 5) is 0. The van der Waals surface area contributed by atoms with E-state index >= 15 is 0 Å². The highest BCUT2D eigenvalue weighted by atomic mass is 31.1. The van der Waals surface area contributed by atoms with Gasteiger partial charge in [-0.25, -0.2) is 0 Å². The lowest BCUT2D eigenvalue weighted by Gasteiger charge is -2.06. The Hall–Kier alpha value is -1.69. The van der Waals surface area contributed by atoms with Crippen molar-refractivity contribution >= 4 is 30.0 Å². The van der Waals surface area contributed by atoms with E-state index in [1.807, 2.05) is 0 Å². The second kappa shape index (κ2) is 5.77. The third-order valence-corrected chi connectivity index (χ3v) is 4.17. The normalized spacial score (nSPS) is 10.7. The Kier molecular flexibility index (Phi) is 4.09. The molecule has 3 aromatic rings. The van der Waals surface area contributed by atoms with Crippen LogP contribution in [-0.4, -0.2) is 5.48 Å². The topological polar surface area (TPSA) is 31.5 Å². The monoisotopic (exact) mass is 254 g/mol. The van der Waals surface area contributed by atoms with Gasteiger partial charge in [-0.3, -0.25) is 0 Å². The molecule has 0 fully saturated rings. The number of hydrogen-bond acceptors (Lipinski definition) is 0. The molecule has 2 N–H and O–H groups in total. The van der Waals surface area contributed by atoms with Gasteiger partial charge in [-0.05, 0) is 21.4 Å². The summed E-state index contributed by atoms with van der Waals surface area (Å²) >= 11 is 0. The molecule has 0 bridgehead atoms. The molecule has 1 atom stereocenters. The second-order valence-electron chi connectivity index (χ2n) is 4.02. The van der Waals surface area contributed by atoms with E-state index in [0.717, 1.165) is 8.58 Å². The molecule has 1 nitrogen and oxygen atoms in total. The summed E-state index contributed by atoms with van der Waals surface area (Å²) in [6, 6.07) is 25.8. The van der Waals surface area contributed by atoms with Gasteiger partial charge in [-0.1, -0.05) is 81.4 Å². The minimum atomic E-state index is 0. The van der Waals surface area contributed by atoms with Crippen LogP contribution >= 0.6 is 8.58 Å². The number of hydrogen-bond donors (Lipinski definition) is 0. The first-order valence-electron chi connectivity index (χ1n) is 5.73. The molecule has 3 aromatic carbocycles. The highest BCUT2D eigenvalue weighted by Crippen LogP contribution is 2.19. The van der Waals surface area contributed by atoms with Crippen molar-refractivity contribution in [2.24, 2.45) is 0 Å². The first-order valence-corrected chi connectivity index (χ1v) is 6.73. The van der Waals surface area contributed by atoms with Crippen LogP contribution in [0.3, 0.4) is 0 Å².